The first-order valence-electron chi connectivity index (χ1n) is 6.25. The van der Waals surface area contributed by atoms with E-state index in [0.717, 1.165) is 36.3 Å². The fourth-order valence-electron chi connectivity index (χ4n) is 2.17. The highest BCUT2D eigenvalue weighted by Crippen LogP contribution is 2.42. The number of hydrogen-bond acceptors (Lipinski definition) is 2. The van der Waals surface area contributed by atoms with E-state index in [9.17, 15) is 4.39 Å². The minimum absolute atomic E-state index is 0.230. The first-order chi connectivity index (χ1) is 8.62. The van der Waals surface area contributed by atoms with Crippen LogP contribution in [0.2, 0.25) is 0 Å². The van der Waals surface area contributed by atoms with Crippen LogP contribution < -0.4 is 5.73 Å². The van der Waals surface area contributed by atoms with Crippen LogP contribution in [0.3, 0.4) is 0 Å². The van der Waals surface area contributed by atoms with Gasteiger partial charge in [0.15, 0.2) is 0 Å². The summed E-state index contributed by atoms with van der Waals surface area (Å²) in [5.41, 5.74) is 8.62. The summed E-state index contributed by atoms with van der Waals surface area (Å²) in [7, 11) is 0. The maximum Gasteiger partial charge on any atom is 0.123 e. The molecule has 0 aliphatic heterocycles. The first-order valence-corrected chi connectivity index (χ1v) is 6.25. The van der Waals surface area contributed by atoms with Crippen molar-refractivity contribution in [1.29, 1.82) is 0 Å². The average molecular weight is 245 g/mol. The molecule has 1 aromatic heterocycles. The first kappa shape index (κ1) is 11.4. The Bertz CT molecular complexity index is 584. The number of nitrogens with two attached hydrogens (primary N) is 1. The average Bonchev–Trinajstić information content (AvgIpc) is 2.95. The zero-order valence-electron chi connectivity index (χ0n) is 10.4. The Morgan fingerprint density at radius 1 is 1.39 bits per heavy atom. The zero-order chi connectivity index (χ0) is 12.8. The standard InChI is InChI=1S/C14H16FN3/c1-2-18-12(10-4-3-5-11(15)8-10)9-13(17-18)14(16)6-7-14/h3-5,8-9H,2,6-7,16H2,1H3. The molecular weight excluding hydrogens is 229 g/mol. The van der Waals surface area contributed by atoms with Gasteiger partial charge in [0.1, 0.15) is 5.82 Å². The van der Waals surface area contributed by atoms with Gasteiger partial charge in [-0.25, -0.2) is 4.39 Å². The summed E-state index contributed by atoms with van der Waals surface area (Å²) >= 11 is 0. The van der Waals surface area contributed by atoms with Crippen LogP contribution in [0.25, 0.3) is 11.3 Å². The molecule has 2 N–H and O–H groups in total. The van der Waals surface area contributed by atoms with Gasteiger partial charge in [0.2, 0.25) is 0 Å². The highest BCUT2D eigenvalue weighted by molar-refractivity contribution is 5.60. The largest absolute Gasteiger partial charge is 0.320 e. The third-order valence-electron chi connectivity index (χ3n) is 3.50. The van der Waals surface area contributed by atoms with E-state index in [1.807, 2.05) is 23.7 Å². The predicted molar refractivity (Wildman–Crippen MR) is 68.4 cm³/mol. The van der Waals surface area contributed by atoms with Crippen molar-refractivity contribution in [2.24, 2.45) is 5.73 Å². The summed E-state index contributed by atoms with van der Waals surface area (Å²) in [5.74, 6) is -0.230. The third kappa shape index (κ3) is 1.82. The topological polar surface area (TPSA) is 43.8 Å². The van der Waals surface area contributed by atoms with Crippen molar-refractivity contribution in [3.05, 3.63) is 41.8 Å². The van der Waals surface area contributed by atoms with Crippen LogP contribution >= 0.6 is 0 Å². The SMILES string of the molecule is CCn1nc(C2(N)CC2)cc1-c1cccc(F)c1. The Labute approximate surface area is 105 Å². The van der Waals surface area contributed by atoms with Crippen LogP contribution in [-0.4, -0.2) is 9.78 Å². The number of hydrogen-bond donors (Lipinski definition) is 1. The maximum absolute atomic E-state index is 13.3. The lowest BCUT2D eigenvalue weighted by Crippen LogP contribution is -2.19. The number of aryl methyl sites for hydroxylation is 1. The van der Waals surface area contributed by atoms with Crippen molar-refractivity contribution in [2.45, 2.75) is 31.8 Å². The molecule has 0 saturated heterocycles. The predicted octanol–water partition coefficient (Wildman–Crippen LogP) is 2.66. The molecule has 0 amide bonds. The highest BCUT2D eigenvalue weighted by Gasteiger charge is 2.42. The van der Waals surface area contributed by atoms with Crippen molar-refractivity contribution in [2.75, 3.05) is 0 Å². The molecule has 0 atom stereocenters. The maximum atomic E-state index is 13.3. The van der Waals surface area contributed by atoms with Gasteiger partial charge in [-0.2, -0.15) is 5.10 Å². The molecule has 0 unspecified atom stereocenters. The molecule has 0 spiro atoms. The summed E-state index contributed by atoms with van der Waals surface area (Å²) in [5, 5.41) is 4.54. The molecule has 1 fully saturated rings. The Hall–Kier alpha value is -1.68. The summed E-state index contributed by atoms with van der Waals surface area (Å²) in [6.07, 6.45) is 1.96. The van der Waals surface area contributed by atoms with E-state index in [1.165, 1.54) is 12.1 Å². The van der Waals surface area contributed by atoms with Gasteiger partial charge in [0.05, 0.1) is 16.9 Å². The van der Waals surface area contributed by atoms with Crippen molar-refractivity contribution in [1.82, 2.24) is 9.78 Å². The molecule has 1 heterocycles. The van der Waals surface area contributed by atoms with E-state index in [2.05, 4.69) is 5.10 Å². The Morgan fingerprint density at radius 2 is 2.17 bits per heavy atom. The van der Waals surface area contributed by atoms with Crippen LogP contribution in [0.1, 0.15) is 25.5 Å². The number of aromatic nitrogens is 2. The van der Waals surface area contributed by atoms with Gasteiger partial charge < -0.3 is 5.73 Å². The van der Waals surface area contributed by atoms with Crippen molar-refractivity contribution in [3.8, 4) is 11.3 Å². The quantitative estimate of drug-likeness (QED) is 0.903. The summed E-state index contributed by atoms with van der Waals surface area (Å²) in [6, 6.07) is 8.58. The molecule has 1 saturated carbocycles. The smallest absolute Gasteiger partial charge is 0.123 e. The monoisotopic (exact) mass is 245 g/mol. The van der Waals surface area contributed by atoms with E-state index >= 15 is 0 Å². The number of halogens is 1. The van der Waals surface area contributed by atoms with E-state index in [4.69, 9.17) is 5.73 Å². The van der Waals surface area contributed by atoms with Crippen LogP contribution in [0.5, 0.6) is 0 Å². The number of nitrogens with zero attached hydrogens (tertiary/aromatic N) is 2. The van der Waals surface area contributed by atoms with E-state index in [0.29, 0.717) is 0 Å². The zero-order valence-corrected chi connectivity index (χ0v) is 10.4. The van der Waals surface area contributed by atoms with Gasteiger partial charge >= 0.3 is 0 Å². The lowest BCUT2D eigenvalue weighted by molar-refractivity contribution is 0.614. The minimum atomic E-state index is -0.248. The van der Waals surface area contributed by atoms with Gasteiger partial charge in [-0.1, -0.05) is 12.1 Å². The molecule has 3 nitrogen and oxygen atoms in total. The Morgan fingerprint density at radius 3 is 2.78 bits per heavy atom. The second-order valence-electron chi connectivity index (χ2n) is 4.90. The summed E-state index contributed by atoms with van der Waals surface area (Å²) in [4.78, 5) is 0. The second-order valence-corrected chi connectivity index (χ2v) is 4.90. The molecular formula is C14H16FN3. The van der Waals surface area contributed by atoms with Crippen molar-refractivity contribution in [3.63, 3.8) is 0 Å². The van der Waals surface area contributed by atoms with E-state index in [-0.39, 0.29) is 11.4 Å². The number of benzene rings is 1. The molecule has 3 rings (SSSR count). The molecule has 0 radical (unpaired) electrons. The van der Waals surface area contributed by atoms with Gasteiger partial charge in [-0.05, 0) is 38.0 Å². The van der Waals surface area contributed by atoms with Crippen LogP contribution in [0.15, 0.2) is 30.3 Å². The lowest BCUT2D eigenvalue weighted by Gasteiger charge is -2.04. The molecule has 2 aromatic rings. The normalized spacial score (nSPS) is 16.8. The second kappa shape index (κ2) is 3.92. The molecule has 4 heteroatoms. The summed E-state index contributed by atoms with van der Waals surface area (Å²) in [6.45, 7) is 2.78. The third-order valence-corrected chi connectivity index (χ3v) is 3.50. The van der Waals surface area contributed by atoms with E-state index in [1.54, 1.807) is 6.07 Å². The molecule has 1 aromatic carbocycles. The molecule has 0 bridgehead atoms. The van der Waals surface area contributed by atoms with Crippen LogP contribution in [0.4, 0.5) is 4.39 Å². The fraction of sp³-hybridized carbons (Fsp3) is 0.357. The Kier molecular flexibility index (Phi) is 2.48. The minimum Gasteiger partial charge on any atom is -0.320 e. The van der Waals surface area contributed by atoms with Crippen molar-refractivity contribution >= 4 is 0 Å². The fourth-order valence-corrected chi connectivity index (χ4v) is 2.17. The highest BCUT2D eigenvalue weighted by atomic mass is 19.1. The van der Waals surface area contributed by atoms with Gasteiger partial charge in [0, 0.05) is 12.1 Å². The van der Waals surface area contributed by atoms with Gasteiger partial charge in [-0.3, -0.25) is 4.68 Å². The van der Waals surface area contributed by atoms with Gasteiger partial charge in [-0.15, -0.1) is 0 Å². The molecule has 18 heavy (non-hydrogen) atoms. The molecule has 1 aliphatic carbocycles. The lowest BCUT2D eigenvalue weighted by atomic mass is 10.1. The van der Waals surface area contributed by atoms with Crippen LogP contribution in [0, 0.1) is 5.82 Å². The molecule has 94 valence electrons. The van der Waals surface area contributed by atoms with Crippen molar-refractivity contribution < 1.29 is 4.39 Å². The summed E-state index contributed by atoms with van der Waals surface area (Å²) < 4.78 is 15.2. The van der Waals surface area contributed by atoms with E-state index < -0.39 is 0 Å². The number of rotatable bonds is 3. The van der Waals surface area contributed by atoms with Crippen LogP contribution in [-0.2, 0) is 12.1 Å². The van der Waals surface area contributed by atoms with Gasteiger partial charge in [0.25, 0.3) is 0 Å². The molecule has 1 aliphatic rings. The Balaban J connectivity index is 2.08.